The highest BCUT2D eigenvalue weighted by molar-refractivity contribution is 7.13. The molecule has 0 unspecified atom stereocenters. The van der Waals surface area contributed by atoms with Crippen LogP contribution in [0.1, 0.15) is 25.3 Å². The Labute approximate surface area is 210 Å². The van der Waals surface area contributed by atoms with Gasteiger partial charge in [0.1, 0.15) is 10.8 Å². The summed E-state index contributed by atoms with van der Waals surface area (Å²) < 4.78 is 33.9. The molecule has 3 aromatic rings. The number of thiazole rings is 1. The van der Waals surface area contributed by atoms with Crippen molar-refractivity contribution in [2.45, 2.75) is 37.0 Å². The van der Waals surface area contributed by atoms with Crippen molar-refractivity contribution in [1.82, 2.24) is 15.3 Å². The Morgan fingerprint density at radius 1 is 1.26 bits per heavy atom. The van der Waals surface area contributed by atoms with Gasteiger partial charge in [-0.15, -0.1) is 11.3 Å². The Morgan fingerprint density at radius 2 is 1.97 bits per heavy atom. The minimum atomic E-state index is -2.44. The lowest BCUT2D eigenvalue weighted by Crippen LogP contribution is -2.60. The number of aromatic nitrogens is 2. The van der Waals surface area contributed by atoms with Crippen LogP contribution in [-0.2, 0) is 19.9 Å². The first kappa shape index (κ1) is 25.2. The number of anilines is 1. The molecule has 1 aromatic carbocycles. The maximum Gasteiger partial charge on any atom is 0.278 e. The van der Waals surface area contributed by atoms with Gasteiger partial charge >= 0.3 is 0 Å². The van der Waals surface area contributed by atoms with E-state index in [4.69, 9.17) is 16.3 Å². The van der Waals surface area contributed by atoms with Crippen LogP contribution in [0, 0.1) is 5.82 Å². The Hall–Kier alpha value is -2.95. The number of benzene rings is 1. The molecule has 2 amide bonds. The van der Waals surface area contributed by atoms with Crippen molar-refractivity contribution < 1.29 is 23.1 Å². The van der Waals surface area contributed by atoms with Crippen LogP contribution in [-0.4, -0.2) is 46.7 Å². The second kappa shape index (κ2) is 10.8. The number of alkyl halides is 2. The Morgan fingerprint density at radius 3 is 2.57 bits per heavy atom. The second-order valence-electron chi connectivity index (χ2n) is 8.18. The number of rotatable bonds is 7. The molecule has 2 aromatic heterocycles. The first-order chi connectivity index (χ1) is 16.8. The van der Waals surface area contributed by atoms with Crippen molar-refractivity contribution in [2.75, 3.05) is 18.1 Å². The molecule has 1 aliphatic rings. The standard InChI is InChI=1S/C24H23ClF2N4O3S/c1-24(16-12-17(26)14-28-13-16,23(33)30-18-6-9-34-10-7-18)31(22(32)20(25)27)19-4-2-15(3-5-19)21-29-8-11-35-21/h2-5,8,11-14,18,20H,6-7,9-10H2,1H3,(H,30,33)/t20-,24+/m0/s1. The van der Waals surface area contributed by atoms with Crippen LogP contribution < -0.4 is 10.2 Å². The molecular formula is C24H23ClF2N4O3S. The van der Waals surface area contributed by atoms with Gasteiger partial charge in [-0.1, -0.05) is 11.6 Å². The highest BCUT2D eigenvalue weighted by Crippen LogP contribution is 2.36. The van der Waals surface area contributed by atoms with E-state index in [9.17, 15) is 18.4 Å². The quantitative estimate of drug-likeness (QED) is 0.466. The van der Waals surface area contributed by atoms with Crippen molar-refractivity contribution in [3.8, 4) is 10.6 Å². The molecule has 1 aliphatic heterocycles. The molecule has 0 radical (unpaired) electrons. The van der Waals surface area contributed by atoms with E-state index in [0.717, 1.165) is 27.7 Å². The van der Waals surface area contributed by atoms with Gasteiger partial charge in [0.15, 0.2) is 5.54 Å². The number of nitrogens with zero attached hydrogens (tertiary/aromatic N) is 3. The van der Waals surface area contributed by atoms with Gasteiger partial charge in [0, 0.05) is 53.8 Å². The highest BCUT2D eigenvalue weighted by Gasteiger charge is 2.47. The normalized spacial score (nSPS) is 16.8. The fourth-order valence-electron chi connectivity index (χ4n) is 4.03. The SMILES string of the molecule is C[C@](C(=O)NC1CCOCC1)(c1cncc(F)c1)N(C(=O)[C@H](F)Cl)c1ccc(-c2nccs2)cc1. The van der Waals surface area contributed by atoms with Crippen LogP contribution >= 0.6 is 22.9 Å². The van der Waals surface area contributed by atoms with E-state index in [1.165, 1.54) is 24.5 Å². The zero-order valence-corrected chi connectivity index (χ0v) is 20.4. The first-order valence-corrected chi connectivity index (χ1v) is 12.2. The van der Waals surface area contributed by atoms with Crippen LogP contribution in [0.25, 0.3) is 10.6 Å². The highest BCUT2D eigenvalue weighted by atomic mass is 35.5. The molecule has 2 atom stereocenters. The third-order valence-electron chi connectivity index (χ3n) is 5.92. The molecule has 35 heavy (non-hydrogen) atoms. The van der Waals surface area contributed by atoms with E-state index >= 15 is 0 Å². The average molecular weight is 521 g/mol. The van der Waals surface area contributed by atoms with Gasteiger partial charge in [-0.25, -0.2) is 13.8 Å². The van der Waals surface area contributed by atoms with E-state index in [0.29, 0.717) is 26.1 Å². The molecule has 0 bridgehead atoms. The lowest BCUT2D eigenvalue weighted by atomic mass is 9.88. The number of carbonyl (C=O) groups is 2. The van der Waals surface area contributed by atoms with Gasteiger partial charge < -0.3 is 10.1 Å². The number of amides is 2. The summed E-state index contributed by atoms with van der Waals surface area (Å²) in [4.78, 5) is 36.0. The molecule has 0 saturated carbocycles. The number of pyridine rings is 1. The van der Waals surface area contributed by atoms with E-state index < -0.39 is 28.8 Å². The summed E-state index contributed by atoms with van der Waals surface area (Å²) in [6.45, 7) is 2.36. The van der Waals surface area contributed by atoms with Crippen LogP contribution in [0.5, 0.6) is 0 Å². The summed E-state index contributed by atoms with van der Waals surface area (Å²) in [6, 6.07) is 7.43. The maximum absolute atomic E-state index is 14.3. The number of hydrogen-bond acceptors (Lipinski definition) is 6. The molecule has 4 rings (SSSR count). The average Bonchev–Trinajstić information content (AvgIpc) is 3.40. The van der Waals surface area contributed by atoms with Crippen molar-refractivity contribution >= 4 is 40.4 Å². The number of hydrogen-bond donors (Lipinski definition) is 1. The molecule has 1 saturated heterocycles. The Balaban J connectivity index is 1.81. The molecular weight excluding hydrogens is 498 g/mol. The van der Waals surface area contributed by atoms with Crippen LogP contribution in [0.3, 0.4) is 0 Å². The largest absolute Gasteiger partial charge is 0.381 e. The minimum absolute atomic E-state index is 0.0664. The van der Waals surface area contributed by atoms with Crippen LogP contribution in [0.4, 0.5) is 14.5 Å². The van der Waals surface area contributed by atoms with Gasteiger partial charge in [-0.2, -0.15) is 0 Å². The molecule has 0 aliphatic carbocycles. The molecule has 184 valence electrons. The molecule has 1 N–H and O–H groups in total. The Kier molecular flexibility index (Phi) is 7.73. The number of nitrogens with one attached hydrogen (secondary N) is 1. The lowest BCUT2D eigenvalue weighted by molar-refractivity contribution is -0.132. The fraction of sp³-hybridized carbons (Fsp3) is 0.333. The number of ether oxygens (including phenoxy) is 1. The predicted molar refractivity (Wildman–Crippen MR) is 129 cm³/mol. The van der Waals surface area contributed by atoms with Crippen molar-refractivity contribution in [3.05, 3.63) is 65.7 Å². The van der Waals surface area contributed by atoms with Crippen molar-refractivity contribution in [3.63, 3.8) is 0 Å². The van der Waals surface area contributed by atoms with Gasteiger partial charge in [-0.3, -0.25) is 19.5 Å². The van der Waals surface area contributed by atoms with Gasteiger partial charge in [0.05, 0.1) is 6.20 Å². The van der Waals surface area contributed by atoms with E-state index in [1.54, 1.807) is 30.5 Å². The maximum atomic E-state index is 14.3. The summed E-state index contributed by atoms with van der Waals surface area (Å²) >= 11 is 7.04. The summed E-state index contributed by atoms with van der Waals surface area (Å²) in [5.74, 6) is -2.49. The zero-order valence-electron chi connectivity index (χ0n) is 18.8. The van der Waals surface area contributed by atoms with Crippen LogP contribution in [0.15, 0.2) is 54.3 Å². The molecule has 7 nitrogen and oxygen atoms in total. The smallest absolute Gasteiger partial charge is 0.278 e. The lowest BCUT2D eigenvalue weighted by Gasteiger charge is -2.41. The number of carbonyl (C=O) groups excluding carboxylic acids is 2. The van der Waals surface area contributed by atoms with Crippen LogP contribution in [0.2, 0.25) is 0 Å². The topological polar surface area (TPSA) is 84.4 Å². The van der Waals surface area contributed by atoms with Crippen molar-refractivity contribution in [1.29, 1.82) is 0 Å². The third-order valence-corrected chi connectivity index (χ3v) is 6.93. The molecule has 11 heteroatoms. The van der Waals surface area contributed by atoms with E-state index in [-0.39, 0.29) is 17.3 Å². The van der Waals surface area contributed by atoms with Gasteiger partial charge in [-0.05, 0) is 50.1 Å². The third kappa shape index (κ3) is 5.34. The monoisotopic (exact) mass is 520 g/mol. The molecule has 0 spiro atoms. The Bertz CT molecular complexity index is 1170. The van der Waals surface area contributed by atoms with Gasteiger partial charge in [0.25, 0.3) is 17.4 Å². The summed E-state index contributed by atoms with van der Waals surface area (Å²) in [5.41, 5.74) is -3.26. The first-order valence-electron chi connectivity index (χ1n) is 10.9. The summed E-state index contributed by atoms with van der Waals surface area (Å²) in [5, 5.41) is 5.50. The van der Waals surface area contributed by atoms with Gasteiger partial charge in [0.2, 0.25) is 0 Å². The van der Waals surface area contributed by atoms with Crippen molar-refractivity contribution in [2.24, 2.45) is 0 Å². The summed E-state index contributed by atoms with van der Waals surface area (Å²) in [7, 11) is 0. The second-order valence-corrected chi connectivity index (χ2v) is 9.46. The predicted octanol–water partition coefficient (Wildman–Crippen LogP) is 4.42. The summed E-state index contributed by atoms with van der Waals surface area (Å²) in [6.07, 6.45) is 5.06. The molecule has 3 heterocycles. The minimum Gasteiger partial charge on any atom is -0.381 e. The fourth-order valence-corrected chi connectivity index (χ4v) is 4.77. The van der Waals surface area contributed by atoms with E-state index in [1.807, 2.05) is 5.38 Å². The number of halogens is 3. The molecule has 1 fully saturated rings. The van der Waals surface area contributed by atoms with E-state index in [2.05, 4.69) is 15.3 Å². The zero-order chi connectivity index (χ0) is 25.0.